The molecular weight excluding hydrogens is 1200 g/mol. The SMILES string of the molecule is FC(F)(F)c1cc([B-](c2cc(C(F)(F)F)cc(C(F)(F)F)c2)(c2cc(C(F)(F)F)cc(C(F)(F)F)c2)c2cc(C(F)(F)F)cc(C(F)(F)F)c2)cc(C(F)(F)F)c1.O=C(C[n+]1ccc2ccccc2c1C(=O)Oc1ccccc1)c1ccccc1. The van der Waals surface area contributed by atoms with Crippen LogP contribution in [0.3, 0.4) is 0 Å². The Balaban J connectivity index is 0.000000306. The summed E-state index contributed by atoms with van der Waals surface area (Å²) in [4.78, 5) is 25.7. The molecule has 1 aromatic heterocycles. The third-order valence-electron chi connectivity index (χ3n) is 12.9. The largest absolute Gasteiger partial charge is 0.419 e. The number of hydrogen-bond donors (Lipinski definition) is 0. The molecule has 29 heteroatoms. The topological polar surface area (TPSA) is 47.2 Å². The fourth-order valence-corrected chi connectivity index (χ4v) is 9.20. The molecule has 0 atom stereocenters. The Hall–Kier alpha value is -8.53. The van der Waals surface area contributed by atoms with E-state index in [4.69, 9.17) is 4.74 Å². The molecule has 0 saturated heterocycles. The standard InChI is InChI=1S/C32H12BF24.C24H18NO3/c34-25(35,36)13-1-14(26(37,38)39)6-21(5-13)33(22-7-15(27(40,41)42)2-16(8-22)28(43,44)45,23-9-17(29(46,47)48)3-18(10-23)30(49,50)51)24-11-19(31(52,53)54)4-20(12-24)32(55,56)57;26-22(19-10-3-1-4-11-19)17-25-16-15-18-9-7-8-14-21(18)23(25)24(27)28-20-12-5-2-6-13-20/h1-12H;1-16H,17H2/q-1;+1. The summed E-state index contributed by atoms with van der Waals surface area (Å²) < 4.78 is 348. The fourth-order valence-electron chi connectivity index (χ4n) is 9.20. The Labute approximate surface area is 461 Å². The van der Waals surface area contributed by atoms with Crippen LogP contribution in [-0.4, -0.2) is 17.9 Å². The molecule has 1 heterocycles. The first-order chi connectivity index (χ1) is 39.0. The number of ketones is 1. The van der Waals surface area contributed by atoms with Gasteiger partial charge in [-0.2, -0.15) is 132 Å². The van der Waals surface area contributed by atoms with Crippen LogP contribution in [0.5, 0.6) is 5.75 Å². The maximum Gasteiger partial charge on any atom is 0.416 e. The quantitative estimate of drug-likeness (QED) is 0.0361. The number of para-hydroxylation sites is 1. The van der Waals surface area contributed by atoms with Crippen LogP contribution in [0, 0.1) is 0 Å². The van der Waals surface area contributed by atoms with Gasteiger partial charge in [-0.1, -0.05) is 115 Å². The average molecular weight is 1230 g/mol. The highest BCUT2D eigenvalue weighted by molar-refractivity contribution is 7.20. The normalized spacial score (nSPS) is 13.1. The van der Waals surface area contributed by atoms with Gasteiger partial charge in [-0.3, -0.25) is 4.79 Å². The summed E-state index contributed by atoms with van der Waals surface area (Å²) in [7, 11) is 0. The summed E-state index contributed by atoms with van der Waals surface area (Å²) in [5, 5.41) is 1.65. The monoisotopic (exact) mass is 1230 g/mol. The van der Waals surface area contributed by atoms with Crippen LogP contribution in [0.1, 0.15) is 65.4 Å². The van der Waals surface area contributed by atoms with Crippen LogP contribution < -0.4 is 31.2 Å². The van der Waals surface area contributed by atoms with Gasteiger partial charge in [-0.05, 0) is 47.9 Å². The first-order valence-electron chi connectivity index (χ1n) is 23.6. The van der Waals surface area contributed by atoms with E-state index in [-0.39, 0.29) is 12.3 Å². The lowest BCUT2D eigenvalue weighted by Crippen LogP contribution is -2.75. The molecule has 0 fully saturated rings. The predicted octanol–water partition coefficient (Wildman–Crippen LogP) is 15.4. The Bertz CT molecular complexity index is 3330. The fraction of sp³-hybridized carbons (Fsp3) is 0.161. The molecule has 0 aliphatic carbocycles. The van der Waals surface area contributed by atoms with Crippen molar-refractivity contribution in [3.63, 3.8) is 0 Å². The maximum absolute atomic E-state index is 14.2. The Kier molecular flexibility index (Phi) is 17.2. The molecule has 448 valence electrons. The van der Waals surface area contributed by atoms with Crippen molar-refractivity contribution < 1.29 is 124 Å². The smallest absolute Gasteiger partial charge is 0.416 e. The van der Waals surface area contributed by atoms with Gasteiger partial charge >= 0.3 is 55.4 Å². The molecule has 0 bridgehead atoms. The molecule has 0 N–H and O–H groups in total. The van der Waals surface area contributed by atoms with E-state index in [0.29, 0.717) is 17.0 Å². The first kappa shape index (κ1) is 64.0. The number of aromatic nitrogens is 1. The Morgan fingerprint density at radius 2 is 0.635 bits per heavy atom. The second-order valence-electron chi connectivity index (χ2n) is 18.6. The summed E-state index contributed by atoms with van der Waals surface area (Å²) in [6, 6.07) is 18.6. The van der Waals surface area contributed by atoms with Crippen molar-refractivity contribution in [1.29, 1.82) is 0 Å². The lowest BCUT2D eigenvalue weighted by atomic mass is 9.12. The molecule has 0 saturated carbocycles. The molecule has 0 spiro atoms. The van der Waals surface area contributed by atoms with Crippen molar-refractivity contribution in [2.75, 3.05) is 0 Å². The number of esters is 1. The highest BCUT2D eigenvalue weighted by atomic mass is 19.4. The van der Waals surface area contributed by atoms with Crippen molar-refractivity contribution >= 4 is 50.5 Å². The molecule has 85 heavy (non-hydrogen) atoms. The van der Waals surface area contributed by atoms with E-state index < -0.39 is 201 Å². The third-order valence-corrected chi connectivity index (χ3v) is 12.9. The third kappa shape index (κ3) is 14.5. The van der Waals surface area contributed by atoms with E-state index in [0.717, 1.165) is 10.8 Å². The van der Waals surface area contributed by atoms with Gasteiger partial charge in [0.2, 0.25) is 12.3 Å². The molecule has 0 radical (unpaired) electrons. The second kappa shape index (κ2) is 22.8. The summed E-state index contributed by atoms with van der Waals surface area (Å²) in [5.41, 5.74) is -29.2. The van der Waals surface area contributed by atoms with E-state index in [2.05, 4.69) is 0 Å². The number of hydrogen-bond acceptors (Lipinski definition) is 3. The maximum atomic E-state index is 14.2. The van der Waals surface area contributed by atoms with Crippen molar-refractivity contribution in [3.05, 3.63) is 226 Å². The number of halogens is 24. The number of fused-ring (bicyclic) bond motifs is 1. The number of carbonyl (C=O) groups is 2. The van der Waals surface area contributed by atoms with E-state index >= 15 is 0 Å². The first-order valence-corrected chi connectivity index (χ1v) is 23.6. The molecule has 4 nitrogen and oxygen atoms in total. The highest BCUT2D eigenvalue weighted by Gasteiger charge is 2.47. The minimum atomic E-state index is -6.13. The number of carbonyl (C=O) groups excluding carboxylic acids is 2. The van der Waals surface area contributed by atoms with Crippen LogP contribution in [0.4, 0.5) is 105 Å². The number of rotatable bonds is 9. The summed E-state index contributed by atoms with van der Waals surface area (Å²) >= 11 is 0. The average Bonchev–Trinajstić information content (AvgIpc) is 0.916. The Morgan fingerprint density at radius 3 is 0.941 bits per heavy atom. The summed E-state index contributed by atoms with van der Waals surface area (Å²) in [5.74, 6) is -0.111. The molecule has 0 unspecified atom stereocenters. The lowest BCUT2D eigenvalue weighted by molar-refractivity contribution is -0.684. The van der Waals surface area contributed by atoms with Gasteiger partial charge in [0.05, 0.1) is 49.9 Å². The van der Waals surface area contributed by atoms with Gasteiger partial charge in [-0.15, -0.1) is 0 Å². The zero-order valence-corrected chi connectivity index (χ0v) is 41.7. The molecule has 8 aromatic rings. The van der Waals surface area contributed by atoms with E-state index in [1.807, 2.05) is 54.6 Å². The number of alkyl halides is 24. The number of benzene rings is 7. The van der Waals surface area contributed by atoms with Crippen molar-refractivity contribution in [3.8, 4) is 5.75 Å². The summed E-state index contributed by atoms with van der Waals surface area (Å²) in [6.07, 6.45) is -53.1. The van der Waals surface area contributed by atoms with Crippen LogP contribution in [-0.2, 0) is 56.0 Å². The minimum absolute atomic E-state index is 0.0497. The molecular formula is C56H30BF24NO3. The summed E-state index contributed by atoms with van der Waals surface area (Å²) in [6.45, 7) is 0.0497. The van der Waals surface area contributed by atoms with Gasteiger partial charge < -0.3 is 4.74 Å². The van der Waals surface area contributed by atoms with Crippen LogP contribution in [0.25, 0.3) is 10.8 Å². The number of ether oxygens (including phenoxy) is 1. The number of nitrogens with zero attached hydrogens (tertiary/aromatic N) is 1. The van der Waals surface area contributed by atoms with Crippen LogP contribution in [0.15, 0.2) is 170 Å². The van der Waals surface area contributed by atoms with Crippen molar-refractivity contribution in [1.82, 2.24) is 0 Å². The van der Waals surface area contributed by atoms with Crippen LogP contribution in [0.2, 0.25) is 0 Å². The van der Waals surface area contributed by atoms with Crippen LogP contribution >= 0.6 is 0 Å². The molecule has 8 rings (SSSR count). The van der Waals surface area contributed by atoms with Crippen molar-refractivity contribution in [2.24, 2.45) is 0 Å². The van der Waals surface area contributed by atoms with Gasteiger partial charge in [-0.25, -0.2) is 4.79 Å². The molecule has 7 aromatic carbocycles. The van der Waals surface area contributed by atoms with Gasteiger partial charge in [0, 0.05) is 11.6 Å². The second-order valence-corrected chi connectivity index (χ2v) is 18.6. The molecule has 0 aliphatic rings. The van der Waals surface area contributed by atoms with E-state index in [1.165, 1.54) is 0 Å². The minimum Gasteiger partial charge on any atom is -0.419 e. The lowest BCUT2D eigenvalue weighted by Gasteiger charge is -2.46. The highest BCUT2D eigenvalue weighted by Crippen LogP contribution is 2.42. The zero-order chi connectivity index (χ0) is 63.3. The van der Waals surface area contributed by atoms with Crippen molar-refractivity contribution in [2.45, 2.75) is 56.0 Å². The predicted molar refractivity (Wildman–Crippen MR) is 256 cm³/mol. The Morgan fingerprint density at radius 1 is 0.353 bits per heavy atom. The van der Waals surface area contributed by atoms with Gasteiger partial charge in [0.25, 0.3) is 5.69 Å². The number of pyridine rings is 1. The molecule has 0 amide bonds. The zero-order valence-electron chi connectivity index (χ0n) is 41.7. The van der Waals surface area contributed by atoms with Gasteiger partial charge in [0.15, 0.2) is 6.20 Å². The van der Waals surface area contributed by atoms with Gasteiger partial charge in [0.1, 0.15) is 11.9 Å². The van der Waals surface area contributed by atoms with E-state index in [1.54, 1.807) is 47.2 Å². The van der Waals surface area contributed by atoms with E-state index in [9.17, 15) is 115 Å². The molecule has 0 aliphatic heterocycles. The number of Topliss-reactive ketones (excluding diaryl/α,β-unsaturated/α-hetero) is 1.